The summed E-state index contributed by atoms with van der Waals surface area (Å²) in [5.41, 5.74) is 4.18. The Labute approximate surface area is 211 Å². The topological polar surface area (TPSA) is 58.1 Å². The Kier molecular flexibility index (Phi) is 7.53. The number of piperidine rings is 1. The van der Waals surface area contributed by atoms with Gasteiger partial charge in [-0.15, -0.1) is 11.3 Å². The van der Waals surface area contributed by atoms with Crippen LogP contribution in [0.15, 0.2) is 34.7 Å². The normalized spacial score (nSPS) is 16.1. The number of amides is 1. The Balaban J connectivity index is 1.51. The van der Waals surface area contributed by atoms with E-state index in [0.29, 0.717) is 6.54 Å². The minimum atomic E-state index is -0.231. The molecule has 2 aromatic heterocycles. The highest BCUT2D eigenvalue weighted by molar-refractivity contribution is 8.00. The lowest BCUT2D eigenvalue weighted by Gasteiger charge is -2.33. The third-order valence-electron chi connectivity index (χ3n) is 6.72. The fourth-order valence-electron chi connectivity index (χ4n) is 4.29. The van der Waals surface area contributed by atoms with Gasteiger partial charge in [-0.3, -0.25) is 4.79 Å². The largest absolute Gasteiger partial charge is 0.356 e. The van der Waals surface area contributed by atoms with E-state index in [1.165, 1.54) is 12.8 Å². The van der Waals surface area contributed by atoms with E-state index in [9.17, 15) is 4.79 Å². The summed E-state index contributed by atoms with van der Waals surface area (Å²) in [7, 11) is 0. The second-order valence-corrected chi connectivity index (χ2v) is 12.5. The number of thiazole rings is 1. The van der Waals surface area contributed by atoms with Crippen molar-refractivity contribution in [2.75, 3.05) is 24.2 Å². The molecule has 0 bridgehead atoms. The van der Waals surface area contributed by atoms with Gasteiger partial charge in [-0.1, -0.05) is 51.6 Å². The lowest BCUT2D eigenvalue weighted by atomic mass is 9.91. The Morgan fingerprint density at radius 3 is 2.62 bits per heavy atom. The van der Waals surface area contributed by atoms with Crippen LogP contribution < -0.4 is 10.2 Å². The van der Waals surface area contributed by atoms with E-state index in [1.807, 2.05) is 25.3 Å². The highest BCUT2D eigenvalue weighted by Crippen LogP contribution is 2.31. The number of carbonyl (C=O) groups excluding carboxylic acids is 1. The highest BCUT2D eigenvalue weighted by atomic mass is 32.2. The van der Waals surface area contributed by atoms with Crippen LogP contribution >= 0.6 is 23.1 Å². The van der Waals surface area contributed by atoms with Gasteiger partial charge in [-0.2, -0.15) is 0 Å². The van der Waals surface area contributed by atoms with E-state index in [-0.39, 0.29) is 17.2 Å². The van der Waals surface area contributed by atoms with E-state index in [0.717, 1.165) is 56.2 Å². The number of aromatic nitrogens is 2. The number of rotatable bonds is 6. The molecule has 3 heterocycles. The maximum atomic E-state index is 13.1. The van der Waals surface area contributed by atoms with Gasteiger partial charge in [-0.05, 0) is 55.7 Å². The molecule has 0 saturated carbocycles. The molecular weight excluding hydrogens is 460 g/mol. The van der Waals surface area contributed by atoms with Gasteiger partial charge < -0.3 is 10.2 Å². The van der Waals surface area contributed by atoms with Crippen LogP contribution in [-0.4, -0.2) is 35.2 Å². The van der Waals surface area contributed by atoms with Gasteiger partial charge in [0.15, 0.2) is 4.34 Å². The molecule has 0 aliphatic carbocycles. The first kappa shape index (κ1) is 25.0. The Bertz CT molecular complexity index is 1160. The maximum Gasteiger partial charge on any atom is 0.227 e. The molecule has 182 valence electrons. The fourth-order valence-corrected chi connectivity index (χ4v) is 5.83. The van der Waals surface area contributed by atoms with Crippen LogP contribution in [-0.2, 0) is 16.8 Å². The standard InChI is InChI=1S/C27H36N4OS2/c1-17-11-13-31(14-12-17)24-20(8-10-23(30-24)27(3,4)5)16-28-25(32)18(2)19-7-9-21-22(15-19)34-26(29-21)33-6/h7-10,15,17-18H,11-14,16H2,1-6H3,(H,28,32). The monoisotopic (exact) mass is 496 g/mol. The van der Waals surface area contributed by atoms with Gasteiger partial charge >= 0.3 is 0 Å². The van der Waals surface area contributed by atoms with Crippen molar-refractivity contribution < 1.29 is 4.79 Å². The summed E-state index contributed by atoms with van der Waals surface area (Å²) >= 11 is 3.33. The van der Waals surface area contributed by atoms with Crippen LogP contribution in [0, 0.1) is 5.92 Å². The van der Waals surface area contributed by atoms with Crippen molar-refractivity contribution in [3.63, 3.8) is 0 Å². The third-order valence-corrected chi connectivity index (χ3v) is 8.72. The number of hydrogen-bond acceptors (Lipinski definition) is 6. The second-order valence-electron chi connectivity index (χ2n) is 10.4. The molecule has 0 spiro atoms. The molecule has 1 amide bonds. The Morgan fingerprint density at radius 2 is 1.94 bits per heavy atom. The van der Waals surface area contributed by atoms with Crippen LogP contribution in [0.3, 0.4) is 0 Å². The molecule has 3 aromatic rings. The summed E-state index contributed by atoms with van der Waals surface area (Å²) in [5, 5.41) is 3.19. The minimum Gasteiger partial charge on any atom is -0.356 e. The quantitative estimate of drug-likeness (QED) is 0.402. The van der Waals surface area contributed by atoms with Crippen LogP contribution in [0.4, 0.5) is 5.82 Å². The van der Waals surface area contributed by atoms with Crippen molar-refractivity contribution >= 4 is 45.0 Å². The first-order valence-corrected chi connectivity index (χ1v) is 14.2. The maximum absolute atomic E-state index is 13.1. The van der Waals surface area contributed by atoms with Crippen LogP contribution in [0.25, 0.3) is 10.2 Å². The van der Waals surface area contributed by atoms with Crippen LogP contribution in [0.1, 0.15) is 70.2 Å². The zero-order chi connectivity index (χ0) is 24.5. The number of pyridine rings is 1. The van der Waals surface area contributed by atoms with Crippen molar-refractivity contribution in [3.05, 3.63) is 47.2 Å². The smallest absolute Gasteiger partial charge is 0.227 e. The molecule has 0 radical (unpaired) electrons. The van der Waals surface area contributed by atoms with Gasteiger partial charge in [-0.25, -0.2) is 9.97 Å². The number of thioether (sulfide) groups is 1. The predicted molar refractivity (Wildman–Crippen MR) is 145 cm³/mol. The molecule has 1 atom stereocenters. The van der Waals surface area contributed by atoms with Gasteiger partial charge in [0.1, 0.15) is 5.82 Å². The van der Waals surface area contributed by atoms with Crippen LogP contribution in [0.5, 0.6) is 0 Å². The molecule has 1 aliphatic rings. The van der Waals surface area contributed by atoms with E-state index in [1.54, 1.807) is 23.1 Å². The fraction of sp³-hybridized carbons (Fsp3) is 0.519. The lowest BCUT2D eigenvalue weighted by Crippen LogP contribution is -2.36. The van der Waals surface area contributed by atoms with Gasteiger partial charge in [0, 0.05) is 36.3 Å². The summed E-state index contributed by atoms with van der Waals surface area (Å²) in [4.78, 5) is 25.2. The Morgan fingerprint density at radius 1 is 1.21 bits per heavy atom. The number of carbonyl (C=O) groups is 1. The van der Waals surface area contributed by atoms with Gasteiger partial charge in [0.2, 0.25) is 5.91 Å². The van der Waals surface area contributed by atoms with E-state index >= 15 is 0 Å². The molecule has 7 heteroatoms. The summed E-state index contributed by atoms with van der Waals surface area (Å²) in [6.45, 7) is 13.4. The second kappa shape index (κ2) is 10.2. The van der Waals surface area contributed by atoms with E-state index in [4.69, 9.17) is 4.98 Å². The van der Waals surface area contributed by atoms with E-state index < -0.39 is 0 Å². The van der Waals surface area contributed by atoms with Crippen molar-refractivity contribution in [2.45, 2.75) is 69.7 Å². The average Bonchev–Trinajstić information content (AvgIpc) is 3.24. The van der Waals surface area contributed by atoms with Crippen molar-refractivity contribution in [1.82, 2.24) is 15.3 Å². The zero-order valence-corrected chi connectivity index (χ0v) is 22.8. The number of hydrogen-bond donors (Lipinski definition) is 1. The summed E-state index contributed by atoms with van der Waals surface area (Å²) < 4.78 is 2.18. The predicted octanol–water partition coefficient (Wildman–Crippen LogP) is 6.37. The number of fused-ring (bicyclic) bond motifs is 1. The number of benzene rings is 1. The number of nitrogens with zero attached hydrogens (tertiary/aromatic N) is 3. The molecule has 1 fully saturated rings. The number of anilines is 1. The molecule has 4 rings (SSSR count). The van der Waals surface area contributed by atoms with Crippen LogP contribution in [0.2, 0.25) is 0 Å². The first-order chi connectivity index (χ1) is 16.2. The Hall–Kier alpha value is -2.12. The van der Waals surface area contributed by atoms with Crippen molar-refractivity contribution in [1.29, 1.82) is 0 Å². The number of nitrogens with one attached hydrogen (secondary N) is 1. The first-order valence-electron chi connectivity index (χ1n) is 12.1. The van der Waals surface area contributed by atoms with Crippen molar-refractivity contribution in [2.24, 2.45) is 5.92 Å². The molecule has 1 aromatic carbocycles. The molecule has 34 heavy (non-hydrogen) atoms. The SMILES string of the molecule is CSc1nc2ccc(C(C)C(=O)NCc3ccc(C(C)(C)C)nc3N3CCC(C)CC3)cc2s1. The molecule has 1 aliphatic heterocycles. The third kappa shape index (κ3) is 5.57. The highest BCUT2D eigenvalue weighted by Gasteiger charge is 2.24. The van der Waals surface area contributed by atoms with Gasteiger partial charge in [0.25, 0.3) is 0 Å². The van der Waals surface area contributed by atoms with E-state index in [2.05, 4.69) is 61.1 Å². The summed E-state index contributed by atoms with van der Waals surface area (Å²) in [6, 6.07) is 10.4. The lowest BCUT2D eigenvalue weighted by molar-refractivity contribution is -0.122. The minimum absolute atomic E-state index is 0.0143. The average molecular weight is 497 g/mol. The summed E-state index contributed by atoms with van der Waals surface area (Å²) in [6.07, 6.45) is 4.40. The van der Waals surface area contributed by atoms with Gasteiger partial charge in [0.05, 0.1) is 16.1 Å². The van der Waals surface area contributed by atoms with Crippen molar-refractivity contribution in [3.8, 4) is 0 Å². The zero-order valence-electron chi connectivity index (χ0n) is 21.1. The summed E-state index contributed by atoms with van der Waals surface area (Å²) in [5.74, 6) is 1.59. The molecular formula is C27H36N4OS2. The molecule has 5 nitrogen and oxygen atoms in total. The molecule has 1 N–H and O–H groups in total. The molecule has 1 unspecified atom stereocenters. The molecule has 1 saturated heterocycles.